The van der Waals surface area contributed by atoms with Gasteiger partial charge in [0.15, 0.2) is 0 Å². The highest BCUT2D eigenvalue weighted by atomic mass is 35.5. The number of nitrogens with one attached hydrogen (secondary N) is 1. The van der Waals surface area contributed by atoms with Crippen LogP contribution in [0.3, 0.4) is 0 Å². The van der Waals surface area contributed by atoms with Crippen molar-refractivity contribution in [1.82, 2.24) is 19.9 Å². The largest absolute Gasteiger partial charge is 0.478 e. The van der Waals surface area contributed by atoms with Crippen molar-refractivity contribution in [3.8, 4) is 11.4 Å². The minimum Gasteiger partial charge on any atom is -0.478 e. The Hall–Kier alpha value is -4.23. The van der Waals surface area contributed by atoms with E-state index in [1.54, 1.807) is 18.2 Å². The minimum absolute atomic E-state index is 0.227. The molecule has 7 nitrogen and oxygen atoms in total. The van der Waals surface area contributed by atoms with Crippen LogP contribution in [0.15, 0.2) is 72.8 Å². The highest BCUT2D eigenvalue weighted by Gasteiger charge is 2.25. The Morgan fingerprint density at radius 2 is 1.66 bits per heavy atom. The van der Waals surface area contributed by atoms with Gasteiger partial charge in [0.2, 0.25) is 0 Å². The third-order valence-electron chi connectivity index (χ3n) is 8.05. The number of nitrogens with zero attached hydrogens (tertiary/aromatic N) is 3. The number of carboxylic acids is 1. The summed E-state index contributed by atoms with van der Waals surface area (Å²) < 4.78 is 2.29. The van der Waals surface area contributed by atoms with Crippen LogP contribution in [-0.2, 0) is 5.54 Å². The summed E-state index contributed by atoms with van der Waals surface area (Å²) in [4.78, 5) is 34.4. The second-order valence-electron chi connectivity index (χ2n) is 11.3. The number of amides is 1. The third kappa shape index (κ3) is 5.30. The number of aromatic nitrogens is 3. The van der Waals surface area contributed by atoms with Crippen LogP contribution in [0.2, 0.25) is 5.02 Å². The lowest BCUT2D eigenvalue weighted by atomic mass is 9.94. The van der Waals surface area contributed by atoms with Crippen molar-refractivity contribution in [2.24, 2.45) is 0 Å². The fourth-order valence-corrected chi connectivity index (χ4v) is 5.95. The van der Waals surface area contributed by atoms with E-state index in [9.17, 15) is 14.7 Å². The molecule has 41 heavy (non-hydrogen) atoms. The average Bonchev–Trinajstić information content (AvgIpc) is 3.36. The zero-order valence-corrected chi connectivity index (χ0v) is 23.8. The molecule has 0 aliphatic heterocycles. The first-order chi connectivity index (χ1) is 19.7. The van der Waals surface area contributed by atoms with E-state index in [2.05, 4.69) is 14.9 Å². The number of carboxylic acid groups (broad SMARTS) is 1. The first-order valence-corrected chi connectivity index (χ1v) is 14.3. The van der Waals surface area contributed by atoms with Gasteiger partial charge in [0, 0.05) is 22.0 Å². The molecule has 0 bridgehead atoms. The Labute approximate surface area is 243 Å². The Morgan fingerprint density at radius 3 is 2.39 bits per heavy atom. The van der Waals surface area contributed by atoms with Gasteiger partial charge in [-0.15, -0.1) is 0 Å². The Morgan fingerprint density at radius 1 is 0.902 bits per heavy atom. The summed E-state index contributed by atoms with van der Waals surface area (Å²) in [5.41, 5.74) is 4.16. The van der Waals surface area contributed by atoms with Gasteiger partial charge < -0.3 is 15.0 Å². The van der Waals surface area contributed by atoms with Crippen molar-refractivity contribution in [1.29, 1.82) is 0 Å². The lowest BCUT2D eigenvalue weighted by Crippen LogP contribution is -2.41. The molecule has 2 N–H and O–H groups in total. The molecule has 208 valence electrons. The molecule has 8 heteroatoms. The number of aromatic carboxylic acids is 1. The van der Waals surface area contributed by atoms with Gasteiger partial charge in [-0.3, -0.25) is 4.79 Å². The molecule has 2 aromatic heterocycles. The molecule has 0 unspecified atom stereocenters. The van der Waals surface area contributed by atoms with Gasteiger partial charge in [0.25, 0.3) is 5.91 Å². The molecule has 0 spiro atoms. The number of rotatable bonds is 6. The lowest BCUT2D eigenvalue weighted by Gasteiger charge is -2.27. The van der Waals surface area contributed by atoms with Gasteiger partial charge in [-0.1, -0.05) is 49.1 Å². The molecule has 0 radical (unpaired) electrons. The molecule has 1 saturated carbocycles. The number of hydrogen-bond acceptors (Lipinski definition) is 4. The van der Waals surface area contributed by atoms with Crippen molar-refractivity contribution in [2.45, 2.75) is 57.5 Å². The maximum atomic E-state index is 13.2. The Kier molecular flexibility index (Phi) is 6.99. The Balaban J connectivity index is 1.34. The van der Waals surface area contributed by atoms with E-state index in [0.717, 1.165) is 53.5 Å². The number of hydrogen-bond donors (Lipinski definition) is 2. The third-order valence-corrected chi connectivity index (χ3v) is 8.30. The molecule has 1 aliphatic carbocycles. The maximum Gasteiger partial charge on any atom is 0.335 e. The van der Waals surface area contributed by atoms with Crippen LogP contribution in [0, 0.1) is 0 Å². The van der Waals surface area contributed by atoms with Crippen LogP contribution < -0.4 is 5.32 Å². The van der Waals surface area contributed by atoms with E-state index in [1.807, 2.05) is 68.4 Å². The van der Waals surface area contributed by atoms with Crippen molar-refractivity contribution in [3.05, 3.63) is 94.6 Å². The van der Waals surface area contributed by atoms with E-state index in [4.69, 9.17) is 16.6 Å². The smallest absolute Gasteiger partial charge is 0.335 e. The number of fused-ring (bicyclic) bond motifs is 2. The molecule has 1 fully saturated rings. The summed E-state index contributed by atoms with van der Waals surface area (Å²) in [5, 5.41) is 14.1. The average molecular weight is 567 g/mol. The van der Waals surface area contributed by atoms with Crippen molar-refractivity contribution < 1.29 is 14.7 Å². The van der Waals surface area contributed by atoms with Crippen LogP contribution in [0.1, 0.15) is 78.4 Å². The van der Waals surface area contributed by atoms with Crippen LogP contribution in [0.4, 0.5) is 0 Å². The molecule has 1 amide bonds. The Bertz CT molecular complexity index is 1790. The normalized spacial score (nSPS) is 14.4. The fraction of sp³-hybridized carbons (Fsp3) is 0.273. The summed E-state index contributed by atoms with van der Waals surface area (Å²) in [6, 6.07) is 22.5. The second-order valence-corrected chi connectivity index (χ2v) is 11.7. The number of carbonyl (C=O) groups is 2. The number of pyridine rings is 1. The topological polar surface area (TPSA) is 97.1 Å². The number of benzene rings is 3. The minimum atomic E-state index is -0.964. The molecule has 0 atom stereocenters. The van der Waals surface area contributed by atoms with Gasteiger partial charge in [0.1, 0.15) is 11.5 Å². The molecule has 5 aromatic rings. The van der Waals surface area contributed by atoms with Crippen molar-refractivity contribution >= 4 is 45.4 Å². The summed E-state index contributed by atoms with van der Waals surface area (Å²) in [5.74, 6) is -0.402. The number of carbonyl (C=O) groups excluding carboxylic acids is 1. The fourth-order valence-electron chi connectivity index (χ4n) is 5.82. The van der Waals surface area contributed by atoms with E-state index < -0.39 is 11.5 Å². The zero-order valence-electron chi connectivity index (χ0n) is 23.0. The van der Waals surface area contributed by atoms with Crippen LogP contribution in [0.5, 0.6) is 0 Å². The first-order valence-electron chi connectivity index (χ1n) is 13.9. The monoisotopic (exact) mass is 566 g/mol. The zero-order chi connectivity index (χ0) is 28.7. The molecule has 3 aromatic carbocycles. The number of halogens is 1. The molecule has 2 heterocycles. The molecule has 1 aliphatic rings. The SMILES string of the molecule is CC(C)(NC(=O)c1ccc2cc(-c3nc4cc(C(=O)O)ccc4n3C3CCCCC3)ccc2n1)c1ccc(Cl)cc1. The molecular weight excluding hydrogens is 536 g/mol. The van der Waals surface area contributed by atoms with Crippen molar-refractivity contribution in [2.75, 3.05) is 0 Å². The van der Waals surface area contributed by atoms with Crippen LogP contribution >= 0.6 is 11.6 Å². The van der Waals surface area contributed by atoms with Gasteiger partial charge >= 0.3 is 5.97 Å². The summed E-state index contributed by atoms with van der Waals surface area (Å²) >= 11 is 6.03. The summed E-state index contributed by atoms with van der Waals surface area (Å²) in [6.07, 6.45) is 5.70. The van der Waals surface area contributed by atoms with Crippen LogP contribution in [0.25, 0.3) is 33.3 Å². The van der Waals surface area contributed by atoms with E-state index >= 15 is 0 Å². The van der Waals surface area contributed by atoms with Gasteiger partial charge in [-0.2, -0.15) is 0 Å². The van der Waals surface area contributed by atoms with E-state index in [-0.39, 0.29) is 11.5 Å². The molecule has 6 rings (SSSR count). The van der Waals surface area contributed by atoms with E-state index in [1.165, 1.54) is 6.42 Å². The highest BCUT2D eigenvalue weighted by Crippen LogP contribution is 2.37. The first kappa shape index (κ1) is 27.0. The highest BCUT2D eigenvalue weighted by molar-refractivity contribution is 6.30. The molecular formula is C33H31ClN4O3. The van der Waals surface area contributed by atoms with E-state index in [0.29, 0.717) is 27.8 Å². The lowest BCUT2D eigenvalue weighted by molar-refractivity contribution is 0.0696. The van der Waals surface area contributed by atoms with Gasteiger partial charge in [-0.05, 0) is 86.8 Å². The quantitative estimate of drug-likeness (QED) is 0.219. The van der Waals surface area contributed by atoms with Crippen molar-refractivity contribution in [3.63, 3.8) is 0 Å². The summed E-state index contributed by atoms with van der Waals surface area (Å²) in [7, 11) is 0. The van der Waals surface area contributed by atoms with Gasteiger partial charge in [-0.25, -0.2) is 14.8 Å². The number of imidazole rings is 1. The predicted octanol–water partition coefficient (Wildman–Crippen LogP) is 7.77. The van der Waals surface area contributed by atoms with Crippen LogP contribution in [-0.4, -0.2) is 31.5 Å². The summed E-state index contributed by atoms with van der Waals surface area (Å²) in [6.45, 7) is 3.89. The predicted molar refractivity (Wildman–Crippen MR) is 161 cm³/mol. The molecule has 0 saturated heterocycles. The van der Waals surface area contributed by atoms with Gasteiger partial charge in [0.05, 0.1) is 27.7 Å². The second kappa shape index (κ2) is 10.6. The standard InChI is InChI=1S/C33H31ClN4O3/c1-33(2,23-11-13-24(34)14-12-23)37-31(39)27-16-8-20-18-21(9-15-26(20)35-27)30-36-28-19-22(32(40)41)10-17-29(28)38(30)25-6-4-3-5-7-25/h8-19,25H,3-7H2,1-2H3,(H,37,39)(H,40,41). The maximum absolute atomic E-state index is 13.2.